The van der Waals surface area contributed by atoms with Gasteiger partial charge in [-0.1, -0.05) is 12.1 Å². The molecule has 2 saturated heterocycles. The Morgan fingerprint density at radius 1 is 1.00 bits per heavy atom. The average molecular weight is 407 g/mol. The van der Waals surface area contributed by atoms with Crippen molar-refractivity contribution >= 4 is 28.9 Å². The number of anilines is 3. The van der Waals surface area contributed by atoms with Crippen LogP contribution in [0.15, 0.2) is 42.5 Å². The van der Waals surface area contributed by atoms with E-state index in [1.165, 1.54) is 12.8 Å². The molecule has 7 heteroatoms. The molecule has 2 fully saturated rings. The van der Waals surface area contributed by atoms with Gasteiger partial charge in [0.05, 0.1) is 17.3 Å². The highest BCUT2D eigenvalue weighted by Gasteiger charge is 2.36. The third-order valence-electron chi connectivity index (χ3n) is 5.94. The average Bonchev–Trinajstić information content (AvgIpc) is 3.44. The summed E-state index contributed by atoms with van der Waals surface area (Å²) < 4.78 is 11.2. The molecule has 2 aromatic carbocycles. The van der Waals surface area contributed by atoms with E-state index in [0.29, 0.717) is 31.3 Å². The maximum absolute atomic E-state index is 13.0. The molecular formula is C23H25N3O4. The van der Waals surface area contributed by atoms with E-state index in [0.717, 1.165) is 30.2 Å². The second-order valence-corrected chi connectivity index (χ2v) is 7.93. The lowest BCUT2D eigenvalue weighted by molar-refractivity contribution is -0.122. The van der Waals surface area contributed by atoms with Crippen molar-refractivity contribution in [1.82, 2.24) is 0 Å². The summed E-state index contributed by atoms with van der Waals surface area (Å²) in [5.41, 5.74) is 2.60. The van der Waals surface area contributed by atoms with Gasteiger partial charge in [-0.15, -0.1) is 0 Å². The van der Waals surface area contributed by atoms with Crippen LogP contribution in [-0.4, -0.2) is 44.7 Å². The molecule has 1 atom stereocenters. The van der Waals surface area contributed by atoms with Gasteiger partial charge in [0.2, 0.25) is 11.8 Å². The number of carbonyl (C=O) groups excluding carboxylic acids is 2. The minimum absolute atomic E-state index is 0.0559. The minimum atomic E-state index is -0.391. The lowest BCUT2D eigenvalue weighted by Gasteiger charge is -2.23. The third kappa shape index (κ3) is 3.56. The fourth-order valence-corrected chi connectivity index (χ4v) is 4.38. The summed E-state index contributed by atoms with van der Waals surface area (Å²) in [6.45, 7) is 3.39. The highest BCUT2D eigenvalue weighted by molar-refractivity contribution is 6.04. The zero-order valence-electron chi connectivity index (χ0n) is 16.8. The summed E-state index contributed by atoms with van der Waals surface area (Å²) in [4.78, 5) is 29.6. The molecule has 0 radical (unpaired) electrons. The van der Waals surface area contributed by atoms with Crippen LogP contribution < -0.4 is 24.6 Å². The smallest absolute Gasteiger partial charge is 0.229 e. The first-order valence-corrected chi connectivity index (χ1v) is 10.5. The number of fused-ring (bicyclic) bond motifs is 1. The highest BCUT2D eigenvalue weighted by atomic mass is 16.6. The molecule has 0 bridgehead atoms. The van der Waals surface area contributed by atoms with Crippen LogP contribution in [0.4, 0.5) is 17.1 Å². The molecule has 0 aromatic heterocycles. The molecule has 3 heterocycles. The summed E-state index contributed by atoms with van der Waals surface area (Å²) in [5.74, 6) is 0.760. The van der Waals surface area contributed by atoms with Crippen LogP contribution in [0, 0.1) is 5.92 Å². The molecule has 3 aliphatic heterocycles. The lowest BCUT2D eigenvalue weighted by atomic mass is 10.1. The second-order valence-electron chi connectivity index (χ2n) is 7.93. The van der Waals surface area contributed by atoms with Gasteiger partial charge in [-0.25, -0.2) is 0 Å². The molecule has 0 unspecified atom stereocenters. The molecule has 1 N–H and O–H groups in total. The fourth-order valence-electron chi connectivity index (χ4n) is 4.38. The van der Waals surface area contributed by atoms with Crippen molar-refractivity contribution in [3.63, 3.8) is 0 Å². The Hall–Kier alpha value is -3.22. The molecule has 2 aromatic rings. The van der Waals surface area contributed by atoms with Crippen molar-refractivity contribution in [3.8, 4) is 11.5 Å². The first-order chi connectivity index (χ1) is 14.7. The normalized spacial score (nSPS) is 20.5. The van der Waals surface area contributed by atoms with Crippen molar-refractivity contribution < 1.29 is 19.1 Å². The van der Waals surface area contributed by atoms with E-state index in [1.807, 2.05) is 42.5 Å². The van der Waals surface area contributed by atoms with Gasteiger partial charge in [0, 0.05) is 37.8 Å². The number of hydrogen-bond donors (Lipinski definition) is 1. The number of hydrogen-bond acceptors (Lipinski definition) is 5. The first kappa shape index (κ1) is 18.8. The van der Waals surface area contributed by atoms with Gasteiger partial charge in [0.15, 0.2) is 11.5 Å². The van der Waals surface area contributed by atoms with Gasteiger partial charge in [-0.2, -0.15) is 0 Å². The van der Waals surface area contributed by atoms with Crippen LogP contribution in [0.25, 0.3) is 0 Å². The van der Waals surface area contributed by atoms with Crippen LogP contribution >= 0.6 is 0 Å². The van der Waals surface area contributed by atoms with Gasteiger partial charge in [0.1, 0.15) is 13.2 Å². The summed E-state index contributed by atoms with van der Waals surface area (Å²) >= 11 is 0. The van der Waals surface area contributed by atoms with Gasteiger partial charge in [-0.3, -0.25) is 9.59 Å². The molecule has 7 nitrogen and oxygen atoms in total. The Morgan fingerprint density at radius 2 is 1.77 bits per heavy atom. The van der Waals surface area contributed by atoms with Crippen molar-refractivity contribution in [2.75, 3.05) is 48.0 Å². The Balaban J connectivity index is 1.30. The standard InChI is InChI=1S/C23H25N3O4/c27-22-13-16(15-26(22)17-7-8-20-21(14-17)30-12-11-29-20)23(28)24-18-5-1-2-6-19(18)25-9-3-4-10-25/h1-2,5-8,14,16H,3-4,9-13,15H2,(H,24,28)/t16-/m0/s1. The topological polar surface area (TPSA) is 71.1 Å². The van der Waals surface area contributed by atoms with E-state index in [1.54, 1.807) is 4.90 Å². The number of carbonyl (C=O) groups is 2. The minimum Gasteiger partial charge on any atom is -0.486 e. The maximum atomic E-state index is 13.0. The lowest BCUT2D eigenvalue weighted by Crippen LogP contribution is -2.29. The van der Waals surface area contributed by atoms with Gasteiger partial charge in [0.25, 0.3) is 0 Å². The summed E-state index contributed by atoms with van der Waals surface area (Å²) in [6.07, 6.45) is 2.54. The van der Waals surface area contributed by atoms with Crippen LogP contribution in [0.5, 0.6) is 11.5 Å². The van der Waals surface area contributed by atoms with E-state index in [2.05, 4.69) is 10.2 Å². The van der Waals surface area contributed by atoms with E-state index >= 15 is 0 Å². The number of ether oxygens (including phenoxy) is 2. The third-order valence-corrected chi connectivity index (χ3v) is 5.94. The zero-order valence-corrected chi connectivity index (χ0v) is 16.8. The quantitative estimate of drug-likeness (QED) is 0.844. The number of rotatable bonds is 4. The summed E-state index contributed by atoms with van der Waals surface area (Å²) in [7, 11) is 0. The molecular weight excluding hydrogens is 382 g/mol. The van der Waals surface area contributed by atoms with E-state index in [9.17, 15) is 9.59 Å². The number of nitrogens with one attached hydrogen (secondary N) is 1. The molecule has 2 amide bonds. The van der Waals surface area contributed by atoms with E-state index in [4.69, 9.17) is 9.47 Å². The monoisotopic (exact) mass is 407 g/mol. The van der Waals surface area contributed by atoms with Gasteiger partial charge >= 0.3 is 0 Å². The largest absolute Gasteiger partial charge is 0.486 e. The van der Waals surface area contributed by atoms with Crippen LogP contribution in [0.1, 0.15) is 19.3 Å². The van der Waals surface area contributed by atoms with Crippen molar-refractivity contribution in [2.24, 2.45) is 5.92 Å². The first-order valence-electron chi connectivity index (χ1n) is 10.5. The molecule has 0 aliphatic carbocycles. The highest BCUT2D eigenvalue weighted by Crippen LogP contribution is 2.36. The van der Waals surface area contributed by atoms with Crippen molar-refractivity contribution in [3.05, 3.63) is 42.5 Å². The Labute approximate surface area is 175 Å². The van der Waals surface area contributed by atoms with Crippen LogP contribution in [-0.2, 0) is 9.59 Å². The number of para-hydroxylation sites is 2. The van der Waals surface area contributed by atoms with Gasteiger partial charge in [-0.05, 0) is 37.1 Å². The predicted octanol–water partition coefficient (Wildman–Crippen LogP) is 3.05. The summed E-state index contributed by atoms with van der Waals surface area (Å²) in [5, 5.41) is 3.07. The number of nitrogens with zero attached hydrogens (tertiary/aromatic N) is 2. The fraction of sp³-hybridized carbons (Fsp3) is 0.391. The molecule has 156 valence electrons. The Kier molecular flexibility index (Phi) is 4.94. The number of amides is 2. The molecule has 30 heavy (non-hydrogen) atoms. The van der Waals surface area contributed by atoms with Crippen LogP contribution in [0.3, 0.4) is 0 Å². The second kappa shape index (κ2) is 7.89. The Bertz CT molecular complexity index is 971. The van der Waals surface area contributed by atoms with Crippen molar-refractivity contribution in [2.45, 2.75) is 19.3 Å². The predicted molar refractivity (Wildman–Crippen MR) is 114 cm³/mol. The molecule has 0 saturated carbocycles. The molecule has 5 rings (SSSR count). The molecule has 3 aliphatic rings. The van der Waals surface area contributed by atoms with Crippen molar-refractivity contribution in [1.29, 1.82) is 0 Å². The van der Waals surface area contributed by atoms with Gasteiger partial charge < -0.3 is 24.6 Å². The van der Waals surface area contributed by atoms with E-state index < -0.39 is 5.92 Å². The molecule has 0 spiro atoms. The van der Waals surface area contributed by atoms with E-state index in [-0.39, 0.29) is 18.2 Å². The Morgan fingerprint density at radius 3 is 2.60 bits per heavy atom. The SMILES string of the molecule is O=C(Nc1ccccc1N1CCCC1)[C@H]1CC(=O)N(c2ccc3c(c2)OCCO3)C1. The maximum Gasteiger partial charge on any atom is 0.229 e. The summed E-state index contributed by atoms with van der Waals surface area (Å²) in [6, 6.07) is 13.4. The van der Waals surface area contributed by atoms with Crippen LogP contribution in [0.2, 0.25) is 0 Å². The number of benzene rings is 2. The zero-order chi connectivity index (χ0) is 20.5.